The summed E-state index contributed by atoms with van der Waals surface area (Å²) in [5.41, 5.74) is 0.258. The van der Waals surface area contributed by atoms with Crippen molar-refractivity contribution in [2.75, 3.05) is 13.1 Å². The molecule has 1 saturated heterocycles. The SMILES string of the molecule is O=S(=O)(NC1CCC2CN(Cc3ccccc3)C[C@H]21)c1cccc(C(F)(F)F)c1. The summed E-state index contributed by atoms with van der Waals surface area (Å²) >= 11 is 0. The lowest BCUT2D eigenvalue weighted by Gasteiger charge is -2.22. The molecule has 2 unspecified atom stereocenters. The molecule has 1 aliphatic carbocycles. The number of rotatable bonds is 5. The summed E-state index contributed by atoms with van der Waals surface area (Å²) in [7, 11) is -4.01. The molecule has 8 heteroatoms. The molecule has 0 bridgehead atoms. The topological polar surface area (TPSA) is 49.4 Å². The van der Waals surface area contributed by atoms with Gasteiger partial charge in [0.25, 0.3) is 0 Å². The van der Waals surface area contributed by atoms with Crippen LogP contribution in [0.4, 0.5) is 13.2 Å². The van der Waals surface area contributed by atoms with Crippen LogP contribution in [0.25, 0.3) is 0 Å². The van der Waals surface area contributed by atoms with Gasteiger partial charge in [-0.05, 0) is 48.4 Å². The maximum Gasteiger partial charge on any atom is 0.416 e. The molecule has 0 amide bonds. The minimum absolute atomic E-state index is 0.180. The van der Waals surface area contributed by atoms with Crippen molar-refractivity contribution in [2.24, 2.45) is 11.8 Å². The zero-order valence-corrected chi connectivity index (χ0v) is 16.6. The number of fused-ring (bicyclic) bond motifs is 1. The highest BCUT2D eigenvalue weighted by molar-refractivity contribution is 7.89. The standard InChI is InChI=1S/C21H23F3N2O2S/c22-21(23,24)17-7-4-8-18(11-17)29(27,28)25-20-10-9-16-13-26(14-19(16)20)12-15-5-2-1-3-6-15/h1-8,11,16,19-20,25H,9-10,12-14H2/t16?,19-,20?/m1/s1. The van der Waals surface area contributed by atoms with E-state index in [4.69, 9.17) is 0 Å². The fourth-order valence-corrected chi connectivity index (χ4v) is 5.95. The number of nitrogens with one attached hydrogen (secondary N) is 1. The van der Waals surface area contributed by atoms with Crippen molar-refractivity contribution in [3.63, 3.8) is 0 Å². The van der Waals surface area contributed by atoms with Gasteiger partial charge in [-0.15, -0.1) is 0 Å². The Kier molecular flexibility index (Phi) is 5.44. The van der Waals surface area contributed by atoms with E-state index in [1.165, 1.54) is 11.6 Å². The van der Waals surface area contributed by atoms with E-state index in [1.54, 1.807) is 0 Å². The molecule has 0 radical (unpaired) electrons. The van der Waals surface area contributed by atoms with Gasteiger partial charge in [-0.25, -0.2) is 13.1 Å². The van der Waals surface area contributed by atoms with Gasteiger partial charge >= 0.3 is 6.18 Å². The summed E-state index contributed by atoms with van der Waals surface area (Å²) in [5.74, 6) is 0.590. The molecule has 1 heterocycles. The van der Waals surface area contributed by atoms with Crippen LogP contribution in [0.2, 0.25) is 0 Å². The summed E-state index contributed by atoms with van der Waals surface area (Å²) in [6.07, 6.45) is -2.94. The summed E-state index contributed by atoms with van der Waals surface area (Å²) in [6.45, 7) is 2.53. The van der Waals surface area contributed by atoms with Crippen LogP contribution in [0.3, 0.4) is 0 Å². The number of alkyl halides is 3. The number of nitrogens with zero attached hydrogens (tertiary/aromatic N) is 1. The van der Waals surface area contributed by atoms with Crippen LogP contribution in [-0.4, -0.2) is 32.4 Å². The van der Waals surface area contributed by atoms with Gasteiger partial charge < -0.3 is 0 Å². The zero-order chi connectivity index (χ0) is 20.6. The summed E-state index contributed by atoms with van der Waals surface area (Å²) in [5, 5.41) is 0. The normalized spacial score (nSPS) is 25.3. The molecular formula is C21H23F3N2O2S. The highest BCUT2D eigenvalue weighted by Crippen LogP contribution is 2.39. The zero-order valence-electron chi connectivity index (χ0n) is 15.8. The van der Waals surface area contributed by atoms with Crippen molar-refractivity contribution in [2.45, 2.75) is 36.5 Å². The fraction of sp³-hybridized carbons (Fsp3) is 0.429. The predicted molar refractivity (Wildman–Crippen MR) is 103 cm³/mol. The van der Waals surface area contributed by atoms with Crippen LogP contribution in [0.1, 0.15) is 24.0 Å². The average molecular weight is 424 g/mol. The Hall–Kier alpha value is -1.90. The van der Waals surface area contributed by atoms with Gasteiger partial charge in [-0.3, -0.25) is 4.90 Å². The summed E-state index contributed by atoms with van der Waals surface area (Å²) in [4.78, 5) is 1.99. The number of benzene rings is 2. The second-order valence-electron chi connectivity index (χ2n) is 7.93. The molecular weight excluding hydrogens is 401 g/mol. The first-order valence-electron chi connectivity index (χ1n) is 9.68. The van der Waals surface area contributed by atoms with Crippen molar-refractivity contribution in [1.82, 2.24) is 9.62 Å². The van der Waals surface area contributed by atoms with Crippen LogP contribution >= 0.6 is 0 Å². The van der Waals surface area contributed by atoms with E-state index < -0.39 is 21.8 Å². The monoisotopic (exact) mass is 424 g/mol. The highest BCUT2D eigenvalue weighted by atomic mass is 32.2. The van der Waals surface area contributed by atoms with Gasteiger partial charge in [0.15, 0.2) is 0 Å². The Balaban J connectivity index is 1.45. The van der Waals surface area contributed by atoms with Crippen molar-refractivity contribution in [1.29, 1.82) is 0 Å². The van der Waals surface area contributed by atoms with Crippen LogP contribution in [0.15, 0.2) is 59.5 Å². The lowest BCUT2D eigenvalue weighted by atomic mass is 9.98. The molecule has 3 atom stereocenters. The predicted octanol–water partition coefficient (Wildman–Crippen LogP) is 3.89. The Bertz CT molecular complexity index is 963. The second-order valence-corrected chi connectivity index (χ2v) is 9.65. The van der Waals surface area contributed by atoms with Crippen molar-refractivity contribution >= 4 is 10.0 Å². The molecule has 1 N–H and O–H groups in total. The fourth-order valence-electron chi connectivity index (χ4n) is 4.58. The van der Waals surface area contributed by atoms with Crippen LogP contribution in [-0.2, 0) is 22.7 Å². The van der Waals surface area contributed by atoms with Gasteiger partial charge in [0.2, 0.25) is 10.0 Å². The van der Waals surface area contributed by atoms with Crippen LogP contribution in [0.5, 0.6) is 0 Å². The molecule has 2 fully saturated rings. The lowest BCUT2D eigenvalue weighted by Crippen LogP contribution is -2.39. The molecule has 1 saturated carbocycles. The Morgan fingerprint density at radius 3 is 2.48 bits per heavy atom. The van der Waals surface area contributed by atoms with E-state index in [2.05, 4.69) is 21.8 Å². The molecule has 2 aromatic rings. The quantitative estimate of drug-likeness (QED) is 0.792. The molecule has 29 heavy (non-hydrogen) atoms. The van der Waals surface area contributed by atoms with E-state index in [0.717, 1.165) is 38.2 Å². The number of hydrogen-bond donors (Lipinski definition) is 1. The molecule has 2 aliphatic rings. The van der Waals surface area contributed by atoms with Gasteiger partial charge in [0.05, 0.1) is 10.5 Å². The molecule has 4 nitrogen and oxygen atoms in total. The minimum Gasteiger partial charge on any atom is -0.298 e. The number of likely N-dealkylation sites (tertiary alicyclic amines) is 1. The third kappa shape index (κ3) is 4.49. The van der Waals surface area contributed by atoms with Crippen LogP contribution < -0.4 is 4.72 Å². The van der Waals surface area contributed by atoms with E-state index >= 15 is 0 Å². The second kappa shape index (κ2) is 7.74. The first-order chi connectivity index (χ1) is 13.7. The van der Waals surface area contributed by atoms with Gasteiger partial charge in [-0.1, -0.05) is 36.4 Å². The molecule has 2 aromatic carbocycles. The van der Waals surface area contributed by atoms with E-state index in [-0.39, 0.29) is 16.9 Å². The van der Waals surface area contributed by atoms with Crippen LogP contribution in [0, 0.1) is 11.8 Å². The molecule has 4 rings (SSSR count). The van der Waals surface area contributed by atoms with E-state index in [1.807, 2.05) is 18.2 Å². The number of sulfonamides is 1. The Morgan fingerprint density at radius 1 is 1.00 bits per heavy atom. The first-order valence-corrected chi connectivity index (χ1v) is 11.2. The van der Waals surface area contributed by atoms with Gasteiger partial charge in [-0.2, -0.15) is 13.2 Å². The summed E-state index contributed by atoms with van der Waals surface area (Å²) in [6, 6.07) is 13.8. The third-order valence-corrected chi connectivity index (χ3v) is 7.45. The largest absolute Gasteiger partial charge is 0.416 e. The Morgan fingerprint density at radius 2 is 1.76 bits per heavy atom. The van der Waals surface area contributed by atoms with Crippen molar-refractivity contribution in [3.05, 3.63) is 65.7 Å². The third-order valence-electron chi connectivity index (χ3n) is 5.96. The van der Waals surface area contributed by atoms with Gasteiger partial charge in [0, 0.05) is 25.7 Å². The Labute approximate surface area is 168 Å². The molecule has 0 spiro atoms. The smallest absolute Gasteiger partial charge is 0.298 e. The van der Waals surface area contributed by atoms with Gasteiger partial charge in [0.1, 0.15) is 0 Å². The first kappa shape index (κ1) is 20.4. The lowest BCUT2D eigenvalue weighted by molar-refractivity contribution is -0.137. The van der Waals surface area contributed by atoms with Crippen molar-refractivity contribution < 1.29 is 21.6 Å². The van der Waals surface area contributed by atoms with E-state index in [9.17, 15) is 21.6 Å². The highest BCUT2D eigenvalue weighted by Gasteiger charge is 2.44. The van der Waals surface area contributed by atoms with E-state index in [0.29, 0.717) is 18.4 Å². The maximum atomic E-state index is 12.9. The molecule has 1 aliphatic heterocycles. The number of hydrogen-bond acceptors (Lipinski definition) is 3. The number of halogens is 3. The molecule has 156 valence electrons. The maximum absolute atomic E-state index is 12.9. The summed E-state index contributed by atoms with van der Waals surface area (Å²) < 4.78 is 67.0. The minimum atomic E-state index is -4.58. The van der Waals surface area contributed by atoms with Crippen molar-refractivity contribution in [3.8, 4) is 0 Å². The molecule has 0 aromatic heterocycles. The average Bonchev–Trinajstić information content (AvgIpc) is 3.23.